The van der Waals surface area contributed by atoms with Crippen LogP contribution < -0.4 is 0 Å². The minimum Gasteiger partial charge on any atom is -0.394 e. The molecule has 16 nitrogen and oxygen atoms in total. The summed E-state index contributed by atoms with van der Waals surface area (Å²) >= 11 is 0. The molecule has 3 saturated heterocycles. The maximum absolute atomic E-state index is 10.8. The molecule has 0 aromatic carbocycles. The van der Waals surface area contributed by atoms with E-state index in [0.717, 1.165) is 0 Å². The van der Waals surface area contributed by atoms with E-state index in [-0.39, 0.29) is 0 Å². The number of aliphatic hydroxyl groups is 11. The number of hydrogen-bond donors (Lipinski definition) is 11. The van der Waals surface area contributed by atoms with Gasteiger partial charge in [0.2, 0.25) is 0 Å². The number of ether oxygens (including phenoxy) is 5. The molecule has 3 fully saturated rings. The van der Waals surface area contributed by atoms with Gasteiger partial charge in [-0.15, -0.1) is 0 Å². The Kier molecular flexibility index (Phi) is 9.54. The van der Waals surface area contributed by atoms with Gasteiger partial charge in [0, 0.05) is 0 Å². The van der Waals surface area contributed by atoms with Crippen molar-refractivity contribution in [2.75, 3.05) is 19.8 Å². The van der Waals surface area contributed by atoms with Crippen LogP contribution in [0.4, 0.5) is 0 Å². The van der Waals surface area contributed by atoms with Crippen molar-refractivity contribution >= 4 is 0 Å². The molecule has 0 radical (unpaired) electrons. The molecule has 0 amide bonds. The van der Waals surface area contributed by atoms with Crippen molar-refractivity contribution in [3.8, 4) is 0 Å². The minimum atomic E-state index is -1.90. The molecule has 11 N–H and O–H groups in total. The highest BCUT2D eigenvalue weighted by atomic mass is 16.7. The van der Waals surface area contributed by atoms with Gasteiger partial charge in [0.25, 0.3) is 0 Å². The van der Waals surface area contributed by atoms with E-state index in [1.54, 1.807) is 0 Å². The summed E-state index contributed by atoms with van der Waals surface area (Å²) in [7, 11) is 0. The molecule has 0 bridgehead atoms. The van der Waals surface area contributed by atoms with E-state index in [2.05, 4.69) is 0 Å². The standard InChI is InChI=1S/C18H32O16/c19-1-4-7(22)9(24)12(27)17(31-4)34-15-8(23)5(2-20)32-18(13(15)28)33-14-6(3-21)30-16(29)11(26)10(14)25/h4-29H,1-3H2/t4-,5-,6-,7+,8+,9+,10-,11-,12-,13-,14+,15+,16?,17+,18-/m1/s1. The van der Waals surface area contributed by atoms with Gasteiger partial charge in [0.05, 0.1) is 19.8 Å². The summed E-state index contributed by atoms with van der Waals surface area (Å²) in [4.78, 5) is 0. The van der Waals surface area contributed by atoms with Crippen LogP contribution in [0.2, 0.25) is 0 Å². The monoisotopic (exact) mass is 504 g/mol. The highest BCUT2D eigenvalue weighted by Gasteiger charge is 2.53. The van der Waals surface area contributed by atoms with Gasteiger partial charge in [-0.1, -0.05) is 0 Å². The van der Waals surface area contributed by atoms with Crippen LogP contribution >= 0.6 is 0 Å². The first-order valence-corrected chi connectivity index (χ1v) is 10.6. The molecule has 0 spiro atoms. The Hall–Kier alpha value is -0.640. The third-order valence-electron chi connectivity index (χ3n) is 6.09. The summed E-state index contributed by atoms with van der Waals surface area (Å²) in [5.41, 5.74) is 0. The van der Waals surface area contributed by atoms with Crippen molar-refractivity contribution in [2.24, 2.45) is 0 Å². The van der Waals surface area contributed by atoms with Crippen molar-refractivity contribution in [3.05, 3.63) is 0 Å². The molecule has 34 heavy (non-hydrogen) atoms. The Balaban J connectivity index is 1.78. The molecule has 3 aliphatic rings. The first-order chi connectivity index (χ1) is 16.0. The first kappa shape index (κ1) is 27.9. The van der Waals surface area contributed by atoms with Gasteiger partial charge in [-0.25, -0.2) is 0 Å². The molecule has 0 saturated carbocycles. The van der Waals surface area contributed by atoms with E-state index in [1.165, 1.54) is 0 Å². The predicted molar refractivity (Wildman–Crippen MR) is 101 cm³/mol. The van der Waals surface area contributed by atoms with Gasteiger partial charge in [-0.05, 0) is 0 Å². The van der Waals surface area contributed by atoms with E-state index in [4.69, 9.17) is 23.7 Å². The fourth-order valence-corrected chi connectivity index (χ4v) is 4.05. The van der Waals surface area contributed by atoms with Gasteiger partial charge in [0.15, 0.2) is 18.9 Å². The van der Waals surface area contributed by atoms with Crippen LogP contribution in [0.15, 0.2) is 0 Å². The molecule has 0 aromatic rings. The highest BCUT2D eigenvalue weighted by molar-refractivity contribution is 4.96. The molecule has 0 aliphatic carbocycles. The lowest BCUT2D eigenvalue weighted by molar-refractivity contribution is -0.378. The Morgan fingerprint density at radius 1 is 0.441 bits per heavy atom. The van der Waals surface area contributed by atoms with E-state index in [9.17, 15) is 56.2 Å². The summed E-state index contributed by atoms with van der Waals surface area (Å²) in [6, 6.07) is 0. The Bertz CT molecular complexity index is 637. The van der Waals surface area contributed by atoms with Gasteiger partial charge in [0.1, 0.15) is 73.2 Å². The third kappa shape index (κ3) is 5.37. The largest absolute Gasteiger partial charge is 0.394 e. The van der Waals surface area contributed by atoms with Gasteiger partial charge in [-0.3, -0.25) is 0 Å². The second-order valence-corrected chi connectivity index (χ2v) is 8.33. The van der Waals surface area contributed by atoms with Gasteiger partial charge < -0.3 is 79.9 Å². The predicted octanol–water partition coefficient (Wildman–Crippen LogP) is -7.57. The second kappa shape index (κ2) is 11.6. The summed E-state index contributed by atoms with van der Waals surface area (Å²) in [5, 5.41) is 109. The van der Waals surface area contributed by atoms with E-state index >= 15 is 0 Å². The summed E-state index contributed by atoms with van der Waals surface area (Å²) in [6.45, 7) is -2.34. The minimum absolute atomic E-state index is 0.759. The van der Waals surface area contributed by atoms with Crippen LogP contribution in [-0.4, -0.2) is 168 Å². The smallest absolute Gasteiger partial charge is 0.187 e. The molecule has 200 valence electrons. The van der Waals surface area contributed by atoms with E-state index in [1.807, 2.05) is 0 Å². The van der Waals surface area contributed by atoms with Crippen molar-refractivity contribution in [2.45, 2.75) is 92.1 Å². The number of hydrogen-bond acceptors (Lipinski definition) is 16. The zero-order chi connectivity index (χ0) is 25.3. The molecule has 0 aromatic heterocycles. The quantitative estimate of drug-likeness (QED) is 0.154. The van der Waals surface area contributed by atoms with Crippen LogP contribution in [0.1, 0.15) is 0 Å². The lowest BCUT2D eigenvalue weighted by Gasteiger charge is -2.47. The van der Waals surface area contributed by atoms with Crippen molar-refractivity contribution < 1.29 is 79.9 Å². The molecule has 3 aliphatic heterocycles. The summed E-state index contributed by atoms with van der Waals surface area (Å²) in [6.07, 6.45) is -25.4. The van der Waals surface area contributed by atoms with E-state index < -0.39 is 112 Å². The lowest BCUT2D eigenvalue weighted by atomic mass is 9.96. The number of aliphatic hydroxyl groups excluding tert-OH is 11. The average Bonchev–Trinajstić information content (AvgIpc) is 2.83. The van der Waals surface area contributed by atoms with Crippen LogP contribution in [0.5, 0.6) is 0 Å². The molecule has 3 heterocycles. The van der Waals surface area contributed by atoms with Crippen molar-refractivity contribution in [3.63, 3.8) is 0 Å². The zero-order valence-electron chi connectivity index (χ0n) is 17.7. The Morgan fingerprint density at radius 3 is 1.50 bits per heavy atom. The lowest BCUT2D eigenvalue weighted by Crippen LogP contribution is -2.66. The van der Waals surface area contributed by atoms with Gasteiger partial charge in [-0.2, -0.15) is 0 Å². The molecule has 1 unspecified atom stereocenters. The average molecular weight is 504 g/mol. The second-order valence-electron chi connectivity index (χ2n) is 8.33. The van der Waals surface area contributed by atoms with Crippen molar-refractivity contribution in [1.82, 2.24) is 0 Å². The molecule has 16 heteroatoms. The molecule has 15 atom stereocenters. The van der Waals surface area contributed by atoms with E-state index in [0.29, 0.717) is 0 Å². The maximum atomic E-state index is 10.8. The maximum Gasteiger partial charge on any atom is 0.187 e. The molecular weight excluding hydrogens is 472 g/mol. The SMILES string of the molecule is OC[C@H]1O[C@@H](O[C@H]2[C@@H](O)[C@@H](CO)O[C@H](O[C@@H]3[C@H](O)[C@@H](O)C(O)O[C@@H]3CO)[C@@H]2O)[C@H](O)[C@@H](O)[C@H]1O. The highest BCUT2D eigenvalue weighted by Crippen LogP contribution is 2.32. The van der Waals surface area contributed by atoms with Gasteiger partial charge >= 0.3 is 0 Å². The fourth-order valence-electron chi connectivity index (χ4n) is 4.05. The number of rotatable bonds is 7. The Labute approximate surface area is 192 Å². The van der Waals surface area contributed by atoms with Crippen LogP contribution in [0.25, 0.3) is 0 Å². The summed E-state index contributed by atoms with van der Waals surface area (Å²) < 4.78 is 26.4. The van der Waals surface area contributed by atoms with Crippen LogP contribution in [0.3, 0.4) is 0 Å². The zero-order valence-corrected chi connectivity index (χ0v) is 17.7. The van der Waals surface area contributed by atoms with Crippen LogP contribution in [-0.2, 0) is 23.7 Å². The fraction of sp³-hybridized carbons (Fsp3) is 1.00. The third-order valence-corrected chi connectivity index (χ3v) is 6.09. The first-order valence-electron chi connectivity index (χ1n) is 10.6. The van der Waals surface area contributed by atoms with Crippen LogP contribution in [0, 0.1) is 0 Å². The van der Waals surface area contributed by atoms with Crippen molar-refractivity contribution in [1.29, 1.82) is 0 Å². The molecule has 3 rings (SSSR count). The normalized spacial score (nSPS) is 52.5. The topological polar surface area (TPSA) is 269 Å². The molecular formula is C18H32O16. The summed E-state index contributed by atoms with van der Waals surface area (Å²) in [5.74, 6) is 0. The Morgan fingerprint density at radius 2 is 0.941 bits per heavy atom.